The SMILES string of the molecule is CC.CC.CC.CCCCC(CC)N1CCNC(CC)(CC)C1.CCCCCNC.CO. The molecule has 32 heavy (non-hydrogen) atoms. The third-order valence-electron chi connectivity index (χ3n) is 5.67. The molecule has 1 unspecified atom stereocenters. The summed E-state index contributed by atoms with van der Waals surface area (Å²) in [5.41, 5.74) is 0.387. The Kier molecular flexibility index (Phi) is 50.1. The highest BCUT2D eigenvalue weighted by Gasteiger charge is 2.33. The lowest BCUT2D eigenvalue weighted by atomic mass is 9.89. The van der Waals surface area contributed by atoms with E-state index in [1.54, 1.807) is 0 Å². The van der Waals surface area contributed by atoms with E-state index >= 15 is 0 Å². The lowest BCUT2D eigenvalue weighted by Crippen LogP contribution is -2.61. The largest absolute Gasteiger partial charge is 0.400 e. The molecule has 0 aliphatic carbocycles. The minimum atomic E-state index is 0.387. The summed E-state index contributed by atoms with van der Waals surface area (Å²) in [6, 6.07) is 0.814. The second-order valence-electron chi connectivity index (χ2n) is 7.40. The lowest BCUT2D eigenvalue weighted by Gasteiger charge is -2.46. The molecule has 1 rings (SSSR count). The fourth-order valence-electron chi connectivity index (χ4n) is 3.66. The minimum absolute atomic E-state index is 0.387. The van der Waals surface area contributed by atoms with Crippen molar-refractivity contribution in [1.82, 2.24) is 15.5 Å². The van der Waals surface area contributed by atoms with Crippen LogP contribution in [0.25, 0.3) is 0 Å². The van der Waals surface area contributed by atoms with E-state index in [1.807, 2.05) is 48.6 Å². The molecule has 4 heteroatoms. The highest BCUT2D eigenvalue weighted by molar-refractivity contribution is 4.94. The number of nitrogens with one attached hydrogen (secondary N) is 2. The van der Waals surface area contributed by atoms with E-state index in [0.29, 0.717) is 5.54 Å². The van der Waals surface area contributed by atoms with Gasteiger partial charge in [0.05, 0.1) is 0 Å². The van der Waals surface area contributed by atoms with E-state index in [2.05, 4.69) is 50.2 Å². The van der Waals surface area contributed by atoms with Gasteiger partial charge in [0.15, 0.2) is 0 Å². The Balaban J connectivity index is -0.000000136. The van der Waals surface area contributed by atoms with Crippen LogP contribution in [0.15, 0.2) is 0 Å². The van der Waals surface area contributed by atoms with Gasteiger partial charge in [-0.25, -0.2) is 0 Å². The molecule has 1 aliphatic rings. The summed E-state index contributed by atoms with van der Waals surface area (Å²) in [4.78, 5) is 2.75. The molecular weight excluding hydrogens is 394 g/mol. The van der Waals surface area contributed by atoms with Gasteiger partial charge < -0.3 is 15.7 Å². The topological polar surface area (TPSA) is 47.5 Å². The first-order valence-corrected chi connectivity index (χ1v) is 14.2. The van der Waals surface area contributed by atoms with Crippen molar-refractivity contribution in [3.8, 4) is 0 Å². The Bertz CT molecular complexity index is 267. The van der Waals surface area contributed by atoms with Gasteiger partial charge in [-0.3, -0.25) is 4.90 Å². The smallest absolute Gasteiger partial charge is 0.0319 e. The molecule has 0 spiro atoms. The van der Waals surface area contributed by atoms with Gasteiger partial charge in [-0.05, 0) is 45.7 Å². The van der Waals surface area contributed by atoms with Crippen LogP contribution >= 0.6 is 0 Å². The molecular formula is C28H69N3O. The number of aliphatic hydroxyl groups is 1. The number of hydrogen-bond donors (Lipinski definition) is 3. The molecule has 202 valence electrons. The molecule has 0 aromatic carbocycles. The fraction of sp³-hybridized carbons (Fsp3) is 1.00. The zero-order chi connectivity index (χ0) is 26.3. The van der Waals surface area contributed by atoms with E-state index in [0.717, 1.165) is 13.2 Å². The molecule has 1 fully saturated rings. The molecule has 0 radical (unpaired) electrons. The number of unbranched alkanes of at least 4 members (excludes halogenated alkanes) is 3. The van der Waals surface area contributed by atoms with Gasteiger partial charge in [-0.2, -0.15) is 0 Å². The Hall–Kier alpha value is -0.160. The first-order valence-electron chi connectivity index (χ1n) is 14.2. The zero-order valence-electron chi connectivity index (χ0n) is 25.2. The summed E-state index contributed by atoms with van der Waals surface area (Å²) in [6.07, 6.45) is 11.9. The monoisotopic (exact) mass is 464 g/mol. The van der Waals surface area contributed by atoms with Crippen LogP contribution in [0.5, 0.6) is 0 Å². The molecule has 0 aromatic rings. The van der Waals surface area contributed by atoms with Crippen LogP contribution in [0, 0.1) is 0 Å². The average molecular weight is 464 g/mol. The standard InChI is InChI=1S/C15H32N2.C6H15N.3C2H6.CH4O/c1-5-9-10-14(6-2)17-12-11-16-15(7-3,8-4)13-17;1-3-4-5-6-7-2;4*1-2/h14,16H,5-13H2,1-4H3;7H,3-6H2,1-2H3;3*1-2H3;2H,1H3. The maximum atomic E-state index is 7.00. The molecule has 1 aliphatic heterocycles. The van der Waals surface area contributed by atoms with Crippen molar-refractivity contribution in [2.45, 2.75) is 146 Å². The van der Waals surface area contributed by atoms with Crippen molar-refractivity contribution in [2.75, 3.05) is 40.3 Å². The molecule has 1 atom stereocenters. The van der Waals surface area contributed by atoms with Crippen LogP contribution < -0.4 is 10.6 Å². The van der Waals surface area contributed by atoms with Crippen molar-refractivity contribution >= 4 is 0 Å². The van der Waals surface area contributed by atoms with Gasteiger partial charge in [-0.1, -0.05) is 102 Å². The molecule has 4 nitrogen and oxygen atoms in total. The third kappa shape index (κ3) is 24.5. The summed E-state index contributed by atoms with van der Waals surface area (Å²) < 4.78 is 0. The van der Waals surface area contributed by atoms with Gasteiger partial charge in [-0.15, -0.1) is 0 Å². The van der Waals surface area contributed by atoms with Crippen molar-refractivity contribution in [3.05, 3.63) is 0 Å². The molecule has 1 heterocycles. The van der Waals surface area contributed by atoms with Crippen LogP contribution in [-0.2, 0) is 0 Å². The lowest BCUT2D eigenvalue weighted by molar-refractivity contribution is 0.0788. The molecule has 1 saturated heterocycles. The summed E-state index contributed by atoms with van der Waals surface area (Å²) in [7, 11) is 3.00. The van der Waals surface area contributed by atoms with Crippen molar-refractivity contribution < 1.29 is 5.11 Å². The van der Waals surface area contributed by atoms with E-state index in [-0.39, 0.29) is 0 Å². The van der Waals surface area contributed by atoms with E-state index in [9.17, 15) is 0 Å². The summed E-state index contributed by atoms with van der Waals surface area (Å²) in [5.74, 6) is 0. The number of nitrogens with zero attached hydrogens (tertiary/aromatic N) is 1. The second kappa shape index (κ2) is 38.1. The number of rotatable bonds is 11. The molecule has 0 saturated carbocycles. The Labute approximate surface area is 206 Å². The highest BCUT2D eigenvalue weighted by Crippen LogP contribution is 2.23. The molecule has 0 aromatic heterocycles. The first-order chi connectivity index (χ1) is 15.6. The minimum Gasteiger partial charge on any atom is -0.400 e. The second-order valence-corrected chi connectivity index (χ2v) is 7.40. The number of aliphatic hydroxyl groups excluding tert-OH is 1. The molecule has 3 N–H and O–H groups in total. The zero-order valence-corrected chi connectivity index (χ0v) is 25.2. The van der Waals surface area contributed by atoms with Crippen molar-refractivity contribution in [2.24, 2.45) is 0 Å². The van der Waals surface area contributed by atoms with Gasteiger partial charge in [0, 0.05) is 38.3 Å². The van der Waals surface area contributed by atoms with Crippen LogP contribution in [0.3, 0.4) is 0 Å². The maximum Gasteiger partial charge on any atom is 0.0319 e. The number of piperazine rings is 1. The Morgan fingerprint density at radius 1 is 0.844 bits per heavy atom. The van der Waals surface area contributed by atoms with Gasteiger partial charge >= 0.3 is 0 Å². The summed E-state index contributed by atoms with van der Waals surface area (Å²) in [6.45, 7) is 28.4. The van der Waals surface area contributed by atoms with Crippen molar-refractivity contribution in [3.63, 3.8) is 0 Å². The highest BCUT2D eigenvalue weighted by atomic mass is 16.2. The van der Waals surface area contributed by atoms with Gasteiger partial charge in [0.2, 0.25) is 0 Å². The Morgan fingerprint density at radius 3 is 1.72 bits per heavy atom. The maximum absolute atomic E-state index is 7.00. The normalized spacial score (nSPS) is 14.8. The predicted octanol–water partition coefficient (Wildman–Crippen LogP) is 7.50. The third-order valence-corrected chi connectivity index (χ3v) is 5.67. The van der Waals surface area contributed by atoms with Crippen molar-refractivity contribution in [1.29, 1.82) is 0 Å². The van der Waals surface area contributed by atoms with Crippen LogP contribution in [0.4, 0.5) is 0 Å². The van der Waals surface area contributed by atoms with Crippen LogP contribution in [0.1, 0.15) is 134 Å². The van der Waals surface area contributed by atoms with E-state index in [4.69, 9.17) is 5.11 Å². The van der Waals surface area contributed by atoms with Gasteiger partial charge in [0.25, 0.3) is 0 Å². The van der Waals surface area contributed by atoms with Crippen LogP contribution in [-0.4, -0.2) is 61.9 Å². The van der Waals surface area contributed by atoms with Crippen LogP contribution in [0.2, 0.25) is 0 Å². The summed E-state index contributed by atoms with van der Waals surface area (Å²) in [5, 5.41) is 13.9. The predicted molar refractivity (Wildman–Crippen MR) is 152 cm³/mol. The first kappa shape index (κ1) is 42.0. The fourth-order valence-corrected chi connectivity index (χ4v) is 3.66. The van der Waals surface area contributed by atoms with Gasteiger partial charge in [0.1, 0.15) is 0 Å². The number of hydrogen-bond acceptors (Lipinski definition) is 4. The summed E-state index contributed by atoms with van der Waals surface area (Å²) >= 11 is 0. The average Bonchev–Trinajstić information content (AvgIpc) is 2.90. The quantitative estimate of drug-likeness (QED) is 0.278. The molecule has 0 bridgehead atoms. The van der Waals surface area contributed by atoms with E-state index < -0.39 is 0 Å². The van der Waals surface area contributed by atoms with E-state index in [1.165, 1.54) is 84.0 Å². The Morgan fingerprint density at radius 2 is 1.34 bits per heavy atom. The molecule has 0 amide bonds.